The highest BCUT2D eigenvalue weighted by molar-refractivity contribution is 5.99. The number of rotatable bonds is 47. The van der Waals surface area contributed by atoms with E-state index in [1.165, 1.54) is 0 Å². The molecule has 508 valence electrons. The molecule has 0 aliphatic heterocycles. The standard InChI is InChI=1S/C48H86N22O20/c49-22(19-71)35(80)62-23(5-1-15-58-45(50)51)36(81)66-27(10-13-33(76)77)40(85)69-30(20-72)43(88)64-25(7-3-17-60-47(54)55)38(83)67-28(11-14-34(78)79)41(86)70-31(21-73)42(87)63-24(6-2-16-59-46(52)53)37(82)65-26(9-12-32(74)75)39(84)68-29(44(89)90)8-4-18-61-48(56)57/h22-31,71-73H,1-21,49H2,(H,62,80)(H,63,87)(H,64,88)(H,65,82)(H,66,81)(H,67,83)(H,68,84)(H,69,85)(H,70,86)(H,74,75)(H,76,77)(H,78,79)(H,89,90)(H4,50,51,58)(H4,52,53,59)(H4,54,55,60)(H4,56,57,61)/t22-,23-,24-,25-,26-,27-,28-,29-,30-,31-/m0/s1. The van der Waals surface area contributed by atoms with Gasteiger partial charge in [0.1, 0.15) is 60.4 Å². The van der Waals surface area contributed by atoms with Gasteiger partial charge in [0.05, 0.1) is 19.8 Å². The third kappa shape index (κ3) is 35.0. The molecule has 10 atom stereocenters. The minimum atomic E-state index is -2.04. The lowest BCUT2D eigenvalue weighted by Gasteiger charge is -2.27. The van der Waals surface area contributed by atoms with Crippen molar-refractivity contribution in [3.8, 4) is 0 Å². The number of carboxylic acid groups (broad SMARTS) is 4. The van der Waals surface area contributed by atoms with E-state index in [1.807, 2.05) is 0 Å². The molecule has 0 heterocycles. The van der Waals surface area contributed by atoms with Crippen LogP contribution in [0, 0.1) is 21.6 Å². The van der Waals surface area contributed by atoms with Crippen molar-refractivity contribution >= 4 is 101 Å². The number of carboxylic acids is 4. The van der Waals surface area contributed by atoms with Crippen molar-refractivity contribution < 1.29 is 98.1 Å². The number of aliphatic hydroxyl groups is 3. The monoisotopic (exact) mass is 1290 g/mol. The molecule has 0 radical (unpaired) electrons. The summed E-state index contributed by atoms with van der Waals surface area (Å²) in [6.07, 6.45) is -5.67. The molecular formula is C48H86N22O20. The van der Waals surface area contributed by atoms with Crippen molar-refractivity contribution in [2.45, 2.75) is 150 Å². The van der Waals surface area contributed by atoms with Crippen molar-refractivity contribution in [2.75, 3.05) is 46.0 Å². The zero-order valence-electron chi connectivity index (χ0n) is 48.9. The summed E-state index contributed by atoms with van der Waals surface area (Å²) in [6.45, 7) is -3.52. The Hall–Kier alpha value is -9.97. The number of hydrogen-bond acceptors (Lipinski definition) is 21. The van der Waals surface area contributed by atoms with E-state index in [-0.39, 0.29) is 71.1 Å². The minimum Gasteiger partial charge on any atom is -0.481 e. The predicted octanol–water partition coefficient (Wildman–Crippen LogP) is -11.6. The van der Waals surface area contributed by atoms with Crippen molar-refractivity contribution in [1.82, 2.24) is 69.1 Å². The molecule has 0 aliphatic carbocycles. The Kier molecular flexibility index (Phi) is 38.8. The molecule has 0 aliphatic rings. The molecule has 0 saturated heterocycles. The topological polar surface area (TPSA) is 745 Å². The minimum absolute atomic E-state index is 0.0130. The summed E-state index contributed by atoms with van der Waals surface area (Å²) in [5.41, 5.74) is 26.8. The largest absolute Gasteiger partial charge is 0.481 e. The third-order valence-electron chi connectivity index (χ3n) is 12.5. The SMILES string of the molecule is N=C(N)NCCC[C@H](NC(=O)[C@H](CCC(=O)O)NC(=O)[C@H](CCCNC(=N)N)NC(=O)[C@H](CO)NC(=O)[C@H](CCC(=O)O)NC(=O)[C@H](CCCNC(=N)N)NC(=O)[C@H](CO)NC(=O)[C@H](CCC(=O)O)NC(=O)[C@H](CCCNC(=N)N)NC(=O)[C@@H](N)CO)C(=O)O. The molecular weight excluding hydrogens is 1200 g/mol. The van der Waals surface area contributed by atoms with Gasteiger partial charge in [0, 0.05) is 45.4 Å². The van der Waals surface area contributed by atoms with Gasteiger partial charge in [0.25, 0.3) is 0 Å². The summed E-state index contributed by atoms with van der Waals surface area (Å²) in [7, 11) is 0. The van der Waals surface area contributed by atoms with Crippen LogP contribution in [0.5, 0.6) is 0 Å². The highest BCUT2D eigenvalue weighted by Crippen LogP contribution is 2.10. The maximum Gasteiger partial charge on any atom is 0.326 e. The van der Waals surface area contributed by atoms with E-state index in [2.05, 4.69) is 69.1 Å². The Labute approximate surface area is 513 Å². The van der Waals surface area contributed by atoms with Gasteiger partial charge >= 0.3 is 23.9 Å². The van der Waals surface area contributed by atoms with Crippen LogP contribution in [-0.4, -0.2) is 243 Å². The lowest BCUT2D eigenvalue weighted by atomic mass is 10.0. The van der Waals surface area contributed by atoms with Crippen LogP contribution in [0.1, 0.15) is 89.9 Å². The van der Waals surface area contributed by atoms with Gasteiger partial charge in [0.15, 0.2) is 23.8 Å². The molecule has 42 nitrogen and oxygen atoms in total. The normalized spacial score (nSPS) is 14.0. The number of aliphatic hydroxyl groups excluding tert-OH is 3. The maximum atomic E-state index is 14.1. The number of amides is 9. The number of carbonyl (C=O) groups excluding carboxylic acids is 9. The fourth-order valence-corrected chi connectivity index (χ4v) is 7.72. The highest BCUT2D eigenvalue weighted by Gasteiger charge is 2.36. The first-order valence-electron chi connectivity index (χ1n) is 27.8. The van der Waals surface area contributed by atoms with Crippen LogP contribution in [0.3, 0.4) is 0 Å². The molecule has 0 spiro atoms. The molecule has 0 aromatic rings. The lowest BCUT2D eigenvalue weighted by Crippen LogP contribution is -2.61. The summed E-state index contributed by atoms with van der Waals surface area (Å²) < 4.78 is 0. The second kappa shape index (κ2) is 43.6. The van der Waals surface area contributed by atoms with Crippen LogP contribution in [0.15, 0.2) is 0 Å². The quantitative estimate of drug-likeness (QED) is 0.0153. The van der Waals surface area contributed by atoms with Gasteiger partial charge in [-0.15, -0.1) is 0 Å². The van der Waals surface area contributed by atoms with Gasteiger partial charge in [-0.2, -0.15) is 0 Å². The summed E-state index contributed by atoms with van der Waals surface area (Å²) in [6, 6.07) is -17.7. The average Bonchev–Trinajstić information content (AvgIpc) is 2.26. The molecule has 0 rings (SSSR count). The van der Waals surface area contributed by atoms with Crippen molar-refractivity contribution in [3.63, 3.8) is 0 Å². The van der Waals surface area contributed by atoms with Gasteiger partial charge in [-0.05, 0) is 70.6 Å². The summed E-state index contributed by atoms with van der Waals surface area (Å²) in [4.78, 5) is 170. The fraction of sp³-hybridized carbons (Fsp3) is 0.646. The van der Waals surface area contributed by atoms with Crippen molar-refractivity contribution in [3.05, 3.63) is 0 Å². The van der Waals surface area contributed by atoms with Crippen LogP contribution in [0.4, 0.5) is 0 Å². The van der Waals surface area contributed by atoms with Crippen LogP contribution >= 0.6 is 0 Å². The molecule has 0 saturated carbocycles. The number of nitrogens with two attached hydrogens (primary N) is 5. The number of aliphatic carboxylic acids is 4. The smallest absolute Gasteiger partial charge is 0.326 e. The molecule has 90 heavy (non-hydrogen) atoms. The van der Waals surface area contributed by atoms with E-state index in [1.54, 1.807) is 0 Å². The van der Waals surface area contributed by atoms with Crippen molar-refractivity contribution in [1.29, 1.82) is 21.6 Å². The average molecular weight is 1290 g/mol. The first-order valence-corrected chi connectivity index (χ1v) is 27.8. The van der Waals surface area contributed by atoms with Crippen molar-refractivity contribution in [2.24, 2.45) is 28.7 Å². The first kappa shape index (κ1) is 80.0. The number of hydrogen-bond donors (Lipinski definition) is 29. The molecule has 34 N–H and O–H groups in total. The molecule has 9 amide bonds. The highest BCUT2D eigenvalue weighted by atomic mass is 16.4. The van der Waals surface area contributed by atoms with Gasteiger partial charge in [-0.25, -0.2) is 4.79 Å². The van der Waals surface area contributed by atoms with E-state index in [0.29, 0.717) is 0 Å². The maximum absolute atomic E-state index is 14.1. The fourth-order valence-electron chi connectivity index (χ4n) is 7.72. The second-order valence-corrected chi connectivity index (χ2v) is 19.8. The van der Waals surface area contributed by atoms with E-state index < -0.39 is 226 Å². The summed E-state index contributed by atoms with van der Waals surface area (Å²) >= 11 is 0. The Morgan fingerprint density at radius 2 is 0.500 bits per heavy atom. The van der Waals surface area contributed by atoms with E-state index in [9.17, 15) is 98.1 Å². The van der Waals surface area contributed by atoms with E-state index in [4.69, 9.17) is 50.3 Å². The Bertz CT molecular complexity index is 2510. The molecule has 0 fully saturated rings. The van der Waals surface area contributed by atoms with Crippen LogP contribution in [-0.2, 0) is 62.3 Å². The number of nitrogens with one attached hydrogen (secondary N) is 17. The molecule has 0 bridgehead atoms. The van der Waals surface area contributed by atoms with Gasteiger partial charge in [0.2, 0.25) is 53.2 Å². The molecule has 0 unspecified atom stereocenters. The molecule has 0 aromatic carbocycles. The van der Waals surface area contributed by atoms with Crippen LogP contribution in [0.2, 0.25) is 0 Å². The first-order chi connectivity index (χ1) is 42.3. The third-order valence-corrected chi connectivity index (χ3v) is 12.5. The van der Waals surface area contributed by atoms with Gasteiger partial charge in [-0.3, -0.25) is 79.2 Å². The second-order valence-electron chi connectivity index (χ2n) is 19.8. The Morgan fingerprint density at radius 1 is 0.300 bits per heavy atom. The summed E-state index contributed by atoms with van der Waals surface area (Å²) in [5, 5.41) is 128. The predicted molar refractivity (Wildman–Crippen MR) is 311 cm³/mol. The van der Waals surface area contributed by atoms with E-state index in [0.717, 1.165) is 0 Å². The lowest BCUT2D eigenvalue weighted by molar-refractivity contribution is -0.143. The van der Waals surface area contributed by atoms with Crippen LogP contribution < -0.4 is 97.8 Å². The molecule has 42 heteroatoms. The van der Waals surface area contributed by atoms with Gasteiger partial charge < -0.3 is 134 Å². The van der Waals surface area contributed by atoms with Crippen LogP contribution in [0.25, 0.3) is 0 Å². The van der Waals surface area contributed by atoms with Gasteiger partial charge in [-0.1, -0.05) is 0 Å². The Balaban J connectivity index is 6.95. The number of guanidine groups is 4. The number of carbonyl (C=O) groups is 13. The summed E-state index contributed by atoms with van der Waals surface area (Å²) in [5.74, 6) is -18.8. The molecule has 0 aromatic heterocycles. The zero-order valence-corrected chi connectivity index (χ0v) is 48.9. The zero-order chi connectivity index (χ0) is 68.6. The Morgan fingerprint density at radius 3 is 0.711 bits per heavy atom. The van der Waals surface area contributed by atoms with E-state index >= 15 is 0 Å².